The Kier molecular flexibility index (Phi) is 5.72. The zero-order valence-corrected chi connectivity index (χ0v) is 18.9. The second-order valence-electron chi connectivity index (χ2n) is 8.66. The number of imide groups is 1. The second kappa shape index (κ2) is 8.85. The first-order chi connectivity index (χ1) is 16.5. The predicted molar refractivity (Wildman–Crippen MR) is 117 cm³/mol. The molecule has 1 aliphatic carbocycles. The Morgan fingerprint density at radius 1 is 1.12 bits per heavy atom. The smallest absolute Gasteiger partial charge is 0.329 e. The summed E-state index contributed by atoms with van der Waals surface area (Å²) in [5, 5.41) is 12.1. The molecule has 2 amide bonds. The molecule has 3 unspecified atom stereocenters. The summed E-state index contributed by atoms with van der Waals surface area (Å²) < 4.78 is 16.3. The average Bonchev–Trinajstić information content (AvgIpc) is 3.54. The van der Waals surface area contributed by atoms with E-state index in [2.05, 4.69) is 15.4 Å². The molecule has 0 N–H and O–H groups in total. The molecule has 3 heterocycles. The van der Waals surface area contributed by atoms with Gasteiger partial charge in [0, 0.05) is 5.56 Å². The number of aromatic nitrogens is 3. The Bertz CT molecular complexity index is 1210. The molecule has 34 heavy (non-hydrogen) atoms. The molecular formula is C24H24N4O6. The van der Waals surface area contributed by atoms with E-state index >= 15 is 0 Å². The molecule has 1 aliphatic heterocycles. The van der Waals surface area contributed by atoms with Gasteiger partial charge in [-0.1, -0.05) is 48.3 Å². The van der Waals surface area contributed by atoms with Crippen molar-refractivity contribution in [3.05, 3.63) is 42.0 Å². The molecule has 2 fully saturated rings. The Balaban J connectivity index is 1.27. The van der Waals surface area contributed by atoms with Crippen molar-refractivity contribution in [1.29, 1.82) is 0 Å². The minimum absolute atomic E-state index is 0.0721. The van der Waals surface area contributed by atoms with Crippen LogP contribution in [0.4, 0.5) is 0 Å². The number of carbonyl (C=O) groups excluding carboxylic acids is 3. The van der Waals surface area contributed by atoms with Crippen molar-refractivity contribution < 1.29 is 28.1 Å². The van der Waals surface area contributed by atoms with Crippen molar-refractivity contribution >= 4 is 17.8 Å². The van der Waals surface area contributed by atoms with Gasteiger partial charge < -0.3 is 13.7 Å². The zero-order valence-electron chi connectivity index (χ0n) is 18.9. The lowest BCUT2D eigenvalue weighted by Gasteiger charge is -2.21. The number of amides is 2. The van der Waals surface area contributed by atoms with Gasteiger partial charge in [-0.3, -0.25) is 14.5 Å². The monoisotopic (exact) mass is 464 g/mol. The van der Waals surface area contributed by atoms with Crippen LogP contribution in [-0.4, -0.2) is 44.1 Å². The van der Waals surface area contributed by atoms with Crippen LogP contribution in [0.1, 0.15) is 44.3 Å². The number of ether oxygens (including phenoxy) is 1. The summed E-state index contributed by atoms with van der Waals surface area (Å²) in [6.07, 6.45) is 3.21. The van der Waals surface area contributed by atoms with E-state index in [0.29, 0.717) is 29.9 Å². The molecule has 2 aromatic heterocycles. The van der Waals surface area contributed by atoms with E-state index in [-0.39, 0.29) is 42.0 Å². The summed E-state index contributed by atoms with van der Waals surface area (Å²) in [5.74, 6) is -1.14. The average molecular weight is 464 g/mol. The minimum atomic E-state index is -1.02. The Labute approximate surface area is 195 Å². The molecule has 1 saturated heterocycles. The number of hydrogen-bond donors (Lipinski definition) is 0. The quantitative estimate of drug-likeness (QED) is 0.398. The maximum absolute atomic E-state index is 12.7. The highest BCUT2D eigenvalue weighted by atomic mass is 16.5. The van der Waals surface area contributed by atoms with Crippen molar-refractivity contribution in [2.24, 2.45) is 11.8 Å². The van der Waals surface area contributed by atoms with Crippen molar-refractivity contribution in [2.45, 2.75) is 52.2 Å². The van der Waals surface area contributed by atoms with Crippen LogP contribution in [0.3, 0.4) is 0 Å². The molecule has 3 atom stereocenters. The lowest BCUT2D eigenvalue weighted by atomic mass is 9.81. The first-order valence-electron chi connectivity index (χ1n) is 11.3. The van der Waals surface area contributed by atoms with Crippen LogP contribution in [0, 0.1) is 18.8 Å². The van der Waals surface area contributed by atoms with E-state index in [9.17, 15) is 14.4 Å². The first-order valence-corrected chi connectivity index (χ1v) is 11.3. The maximum atomic E-state index is 12.7. The molecule has 5 rings (SSSR count). The molecule has 2 aliphatic rings. The van der Waals surface area contributed by atoms with Crippen LogP contribution < -0.4 is 0 Å². The number of likely N-dealkylation sites (tertiary alicyclic amines) is 1. The number of fused-ring (bicyclic) bond motifs is 1. The van der Waals surface area contributed by atoms with Gasteiger partial charge in [-0.25, -0.2) is 4.79 Å². The predicted octanol–water partition coefficient (Wildman–Crippen LogP) is 3.31. The molecule has 0 bridgehead atoms. The van der Waals surface area contributed by atoms with Crippen LogP contribution in [0.25, 0.3) is 22.7 Å². The van der Waals surface area contributed by atoms with Gasteiger partial charge in [0.1, 0.15) is 23.1 Å². The van der Waals surface area contributed by atoms with E-state index in [1.165, 1.54) is 6.92 Å². The Morgan fingerprint density at radius 2 is 1.79 bits per heavy atom. The summed E-state index contributed by atoms with van der Waals surface area (Å²) in [6.45, 7) is 2.95. The maximum Gasteiger partial charge on any atom is 0.329 e. The highest BCUT2D eigenvalue weighted by Crippen LogP contribution is 2.39. The fraction of sp³-hybridized carbons (Fsp3) is 0.417. The third-order valence-corrected chi connectivity index (χ3v) is 6.53. The van der Waals surface area contributed by atoms with Gasteiger partial charge in [0.2, 0.25) is 11.8 Å². The molecule has 10 nitrogen and oxygen atoms in total. The summed E-state index contributed by atoms with van der Waals surface area (Å²) in [7, 11) is 0. The van der Waals surface area contributed by atoms with Crippen LogP contribution in [0.15, 0.2) is 39.3 Å². The highest BCUT2D eigenvalue weighted by molar-refractivity contribution is 6.07. The van der Waals surface area contributed by atoms with Crippen LogP contribution in [0.2, 0.25) is 0 Å². The highest BCUT2D eigenvalue weighted by Gasteiger charge is 2.51. The van der Waals surface area contributed by atoms with Gasteiger partial charge in [0.25, 0.3) is 11.8 Å². The van der Waals surface area contributed by atoms with Gasteiger partial charge in [0.05, 0.1) is 11.8 Å². The van der Waals surface area contributed by atoms with Crippen molar-refractivity contribution in [3.63, 3.8) is 0 Å². The molecule has 1 saturated carbocycles. The first kappa shape index (κ1) is 22.0. The fourth-order valence-corrected chi connectivity index (χ4v) is 4.76. The Hall–Kier alpha value is -3.82. The van der Waals surface area contributed by atoms with E-state index in [1.807, 2.05) is 30.3 Å². The number of esters is 1. The molecule has 1 aromatic carbocycles. The molecular weight excluding hydrogens is 440 g/mol. The van der Waals surface area contributed by atoms with Crippen LogP contribution >= 0.6 is 0 Å². The van der Waals surface area contributed by atoms with Crippen molar-refractivity contribution in [3.8, 4) is 22.7 Å². The minimum Gasteiger partial charge on any atom is -0.454 e. The molecule has 0 radical (unpaired) electrons. The molecule has 0 spiro atoms. The normalized spacial score (nSPS) is 20.9. The number of benzene rings is 1. The third kappa shape index (κ3) is 3.78. The van der Waals surface area contributed by atoms with Gasteiger partial charge in [-0.05, 0) is 26.7 Å². The van der Waals surface area contributed by atoms with Gasteiger partial charge in [0.15, 0.2) is 6.61 Å². The SMILES string of the molecule is Cc1onc(-c2ccccc2)c1-c1nnc(COC(=O)C(C)N2C(=O)C3CCCCC3C2=O)o1. The lowest BCUT2D eigenvalue weighted by molar-refractivity contribution is -0.159. The van der Waals surface area contributed by atoms with Gasteiger partial charge >= 0.3 is 5.97 Å². The standard InChI is InChI=1S/C24H24N4O6/c1-13(28-22(29)16-10-6-7-11-17(16)23(28)30)24(31)32-12-18-25-26-21(33-18)19-14(2)34-27-20(19)15-8-4-3-5-9-15/h3-5,8-9,13,16-17H,6-7,10-12H2,1-2H3. The summed E-state index contributed by atoms with van der Waals surface area (Å²) in [4.78, 5) is 39.2. The number of carbonyl (C=O) groups is 3. The van der Waals surface area contributed by atoms with Crippen molar-refractivity contribution in [1.82, 2.24) is 20.3 Å². The zero-order chi connectivity index (χ0) is 23.8. The second-order valence-corrected chi connectivity index (χ2v) is 8.66. The lowest BCUT2D eigenvalue weighted by Crippen LogP contribution is -2.44. The molecule has 3 aromatic rings. The number of nitrogens with zero attached hydrogens (tertiary/aromatic N) is 4. The van der Waals surface area contributed by atoms with E-state index < -0.39 is 12.0 Å². The van der Waals surface area contributed by atoms with E-state index in [1.54, 1.807) is 6.92 Å². The number of rotatable bonds is 6. The van der Waals surface area contributed by atoms with Gasteiger partial charge in [-0.15, -0.1) is 10.2 Å². The number of hydrogen-bond acceptors (Lipinski definition) is 9. The Morgan fingerprint density at radius 3 is 2.47 bits per heavy atom. The van der Waals surface area contributed by atoms with Crippen molar-refractivity contribution in [2.75, 3.05) is 0 Å². The molecule has 10 heteroatoms. The topological polar surface area (TPSA) is 129 Å². The summed E-state index contributed by atoms with van der Waals surface area (Å²) in [6, 6.07) is 8.42. The van der Waals surface area contributed by atoms with Gasteiger partial charge in [-0.2, -0.15) is 0 Å². The molecule has 176 valence electrons. The van der Waals surface area contributed by atoms with E-state index in [0.717, 1.165) is 23.3 Å². The van der Waals surface area contributed by atoms with Crippen LogP contribution in [0.5, 0.6) is 0 Å². The summed E-state index contributed by atoms with van der Waals surface area (Å²) >= 11 is 0. The number of aryl methyl sites for hydroxylation is 1. The summed E-state index contributed by atoms with van der Waals surface area (Å²) in [5.41, 5.74) is 1.95. The van der Waals surface area contributed by atoms with E-state index in [4.69, 9.17) is 13.7 Å². The van der Waals surface area contributed by atoms with Crippen LogP contribution in [-0.2, 0) is 25.7 Å². The third-order valence-electron chi connectivity index (χ3n) is 6.53. The largest absolute Gasteiger partial charge is 0.454 e. The fourth-order valence-electron chi connectivity index (χ4n) is 4.76.